The highest BCUT2D eigenvalue weighted by molar-refractivity contribution is 9.10. The lowest BCUT2D eigenvalue weighted by molar-refractivity contribution is 0.0949. The molecule has 2 N–H and O–H groups in total. The Morgan fingerprint density at radius 2 is 1.92 bits per heavy atom. The normalized spacial score (nSPS) is 9.92. The largest absolute Gasteiger partial charge is 0.488 e. The van der Waals surface area contributed by atoms with Crippen LogP contribution in [0.2, 0.25) is 0 Å². The molecule has 2 aromatic rings. The SMILES string of the molecule is CCNCCNC(=O)c1ccccc1OCc1cccc(Br)c1.Cl. The maximum absolute atomic E-state index is 12.3. The number of para-hydroxylation sites is 1. The Bertz CT molecular complexity index is 652. The Morgan fingerprint density at radius 3 is 2.67 bits per heavy atom. The zero-order valence-corrected chi connectivity index (χ0v) is 16.0. The summed E-state index contributed by atoms with van der Waals surface area (Å²) in [7, 11) is 0. The quantitative estimate of drug-likeness (QED) is 0.647. The molecule has 2 aromatic carbocycles. The average molecular weight is 414 g/mol. The minimum Gasteiger partial charge on any atom is -0.488 e. The molecule has 4 nitrogen and oxygen atoms in total. The number of carbonyl (C=O) groups excluding carboxylic acids is 1. The molecule has 0 heterocycles. The van der Waals surface area contributed by atoms with Crippen LogP contribution in [0.15, 0.2) is 53.0 Å². The maximum atomic E-state index is 12.3. The van der Waals surface area contributed by atoms with Gasteiger partial charge in [0.25, 0.3) is 5.91 Å². The molecule has 0 radical (unpaired) electrons. The summed E-state index contributed by atoms with van der Waals surface area (Å²) in [6.07, 6.45) is 0. The van der Waals surface area contributed by atoms with Crippen LogP contribution in [-0.4, -0.2) is 25.5 Å². The second-order valence-electron chi connectivity index (χ2n) is 5.02. The smallest absolute Gasteiger partial charge is 0.255 e. The minimum absolute atomic E-state index is 0. The van der Waals surface area contributed by atoms with E-state index in [-0.39, 0.29) is 18.3 Å². The summed E-state index contributed by atoms with van der Waals surface area (Å²) < 4.78 is 6.84. The van der Waals surface area contributed by atoms with Crippen molar-refractivity contribution >= 4 is 34.2 Å². The van der Waals surface area contributed by atoms with Crippen molar-refractivity contribution in [3.63, 3.8) is 0 Å². The highest BCUT2D eigenvalue weighted by atomic mass is 79.9. The van der Waals surface area contributed by atoms with Crippen LogP contribution in [0.3, 0.4) is 0 Å². The molecule has 6 heteroatoms. The van der Waals surface area contributed by atoms with Crippen LogP contribution in [-0.2, 0) is 6.61 Å². The van der Waals surface area contributed by atoms with E-state index in [9.17, 15) is 4.79 Å². The van der Waals surface area contributed by atoms with Gasteiger partial charge in [0.1, 0.15) is 12.4 Å². The van der Waals surface area contributed by atoms with E-state index in [1.165, 1.54) is 0 Å². The second kappa shape index (κ2) is 11.1. The molecule has 0 aromatic heterocycles. The van der Waals surface area contributed by atoms with Gasteiger partial charge in [-0.05, 0) is 36.4 Å². The summed E-state index contributed by atoms with van der Waals surface area (Å²) in [5.74, 6) is 0.473. The molecule has 1 amide bonds. The van der Waals surface area contributed by atoms with Gasteiger partial charge >= 0.3 is 0 Å². The molecule has 0 atom stereocenters. The number of benzene rings is 2. The Morgan fingerprint density at radius 1 is 1.12 bits per heavy atom. The van der Waals surface area contributed by atoms with E-state index in [4.69, 9.17) is 4.74 Å². The fraction of sp³-hybridized carbons (Fsp3) is 0.278. The molecule has 24 heavy (non-hydrogen) atoms. The van der Waals surface area contributed by atoms with E-state index < -0.39 is 0 Å². The third-order valence-corrected chi connectivity index (χ3v) is 3.75. The van der Waals surface area contributed by atoms with Gasteiger partial charge in [0.2, 0.25) is 0 Å². The first kappa shape index (κ1) is 20.5. The molecule has 0 bridgehead atoms. The number of ether oxygens (including phenoxy) is 1. The van der Waals surface area contributed by atoms with Crippen molar-refractivity contribution in [3.8, 4) is 5.75 Å². The van der Waals surface area contributed by atoms with Crippen molar-refractivity contribution in [2.75, 3.05) is 19.6 Å². The van der Waals surface area contributed by atoms with Gasteiger partial charge in [-0.3, -0.25) is 4.79 Å². The van der Waals surface area contributed by atoms with E-state index >= 15 is 0 Å². The average Bonchev–Trinajstić information content (AvgIpc) is 2.57. The van der Waals surface area contributed by atoms with Gasteiger partial charge in [0, 0.05) is 17.6 Å². The molecule has 0 unspecified atom stereocenters. The maximum Gasteiger partial charge on any atom is 0.255 e. The Hall–Kier alpha value is -1.56. The highest BCUT2D eigenvalue weighted by Crippen LogP contribution is 2.20. The number of carbonyl (C=O) groups is 1. The van der Waals surface area contributed by atoms with Crippen molar-refractivity contribution in [1.82, 2.24) is 10.6 Å². The first-order valence-corrected chi connectivity index (χ1v) is 8.45. The lowest BCUT2D eigenvalue weighted by Gasteiger charge is -2.12. The first-order valence-electron chi connectivity index (χ1n) is 7.66. The van der Waals surface area contributed by atoms with Crippen molar-refractivity contribution in [2.24, 2.45) is 0 Å². The number of halogens is 2. The predicted octanol–water partition coefficient (Wildman–Crippen LogP) is 3.79. The molecule has 0 aliphatic carbocycles. The summed E-state index contributed by atoms with van der Waals surface area (Å²) >= 11 is 3.44. The van der Waals surface area contributed by atoms with Gasteiger partial charge in [0.15, 0.2) is 0 Å². The number of rotatable bonds is 8. The number of likely N-dealkylation sites (N-methyl/N-ethyl adjacent to an activating group) is 1. The van der Waals surface area contributed by atoms with Gasteiger partial charge in [0.05, 0.1) is 5.56 Å². The van der Waals surface area contributed by atoms with Crippen molar-refractivity contribution in [1.29, 1.82) is 0 Å². The zero-order valence-electron chi connectivity index (χ0n) is 13.5. The van der Waals surface area contributed by atoms with E-state index in [1.54, 1.807) is 6.07 Å². The predicted molar refractivity (Wildman–Crippen MR) is 103 cm³/mol. The number of hydrogen-bond donors (Lipinski definition) is 2. The summed E-state index contributed by atoms with van der Waals surface area (Å²) in [4.78, 5) is 12.3. The van der Waals surface area contributed by atoms with Crippen LogP contribution in [0.25, 0.3) is 0 Å². The lowest BCUT2D eigenvalue weighted by atomic mass is 10.2. The number of hydrogen-bond acceptors (Lipinski definition) is 3. The monoisotopic (exact) mass is 412 g/mol. The van der Waals surface area contributed by atoms with Crippen LogP contribution in [0, 0.1) is 0 Å². The number of amides is 1. The second-order valence-corrected chi connectivity index (χ2v) is 5.94. The molecule has 0 aliphatic rings. The van der Waals surface area contributed by atoms with Gasteiger partial charge in [-0.25, -0.2) is 0 Å². The van der Waals surface area contributed by atoms with Crippen LogP contribution < -0.4 is 15.4 Å². The molecule has 0 fully saturated rings. The molecule has 0 spiro atoms. The fourth-order valence-corrected chi connectivity index (χ4v) is 2.55. The first-order chi connectivity index (χ1) is 11.2. The third kappa shape index (κ3) is 6.51. The minimum atomic E-state index is -0.118. The molecular weight excluding hydrogens is 392 g/mol. The van der Waals surface area contributed by atoms with E-state index in [1.807, 2.05) is 49.4 Å². The van der Waals surface area contributed by atoms with Crippen LogP contribution >= 0.6 is 28.3 Å². The van der Waals surface area contributed by atoms with Gasteiger partial charge in [-0.2, -0.15) is 0 Å². The Kier molecular flexibility index (Phi) is 9.45. The molecule has 130 valence electrons. The number of nitrogens with one attached hydrogen (secondary N) is 2. The summed E-state index contributed by atoms with van der Waals surface area (Å²) in [5.41, 5.74) is 1.60. The fourth-order valence-electron chi connectivity index (χ4n) is 2.10. The van der Waals surface area contributed by atoms with Crippen LogP contribution in [0.4, 0.5) is 0 Å². The van der Waals surface area contributed by atoms with Gasteiger partial charge in [-0.1, -0.05) is 47.1 Å². The molecule has 2 rings (SSSR count). The lowest BCUT2D eigenvalue weighted by Crippen LogP contribution is -2.31. The standard InChI is InChI=1S/C18H21BrN2O2.ClH/c1-2-20-10-11-21-18(22)16-8-3-4-9-17(16)23-13-14-6-5-7-15(19)12-14;/h3-9,12,20H,2,10-11,13H2,1H3,(H,21,22);1H. The highest BCUT2D eigenvalue weighted by Gasteiger charge is 2.11. The summed E-state index contributed by atoms with van der Waals surface area (Å²) in [6, 6.07) is 15.2. The summed E-state index contributed by atoms with van der Waals surface area (Å²) in [5, 5.41) is 6.06. The Labute approximate surface area is 157 Å². The third-order valence-electron chi connectivity index (χ3n) is 3.25. The van der Waals surface area contributed by atoms with E-state index in [2.05, 4.69) is 26.6 Å². The molecule has 0 saturated heterocycles. The Balaban J connectivity index is 0.00000288. The molecule has 0 aliphatic heterocycles. The van der Waals surface area contributed by atoms with Gasteiger partial charge in [-0.15, -0.1) is 12.4 Å². The topological polar surface area (TPSA) is 50.4 Å². The van der Waals surface area contributed by atoms with Crippen molar-refractivity contribution < 1.29 is 9.53 Å². The zero-order chi connectivity index (χ0) is 16.5. The van der Waals surface area contributed by atoms with Crippen molar-refractivity contribution in [2.45, 2.75) is 13.5 Å². The summed E-state index contributed by atoms with van der Waals surface area (Å²) in [6.45, 7) is 4.69. The van der Waals surface area contributed by atoms with Crippen LogP contribution in [0.5, 0.6) is 5.75 Å². The molecular formula is C18H22BrClN2O2. The van der Waals surface area contributed by atoms with Gasteiger partial charge < -0.3 is 15.4 Å². The van der Waals surface area contributed by atoms with Crippen LogP contribution in [0.1, 0.15) is 22.8 Å². The van der Waals surface area contributed by atoms with Crippen molar-refractivity contribution in [3.05, 3.63) is 64.1 Å². The van der Waals surface area contributed by atoms with E-state index in [0.717, 1.165) is 23.1 Å². The van der Waals surface area contributed by atoms with E-state index in [0.29, 0.717) is 24.5 Å². The molecule has 0 saturated carbocycles.